The number of benzene rings is 2. The van der Waals surface area contributed by atoms with Crippen molar-refractivity contribution >= 4 is 24.2 Å². The lowest BCUT2D eigenvalue weighted by atomic mass is 9.84. The molecule has 2 aliphatic carbocycles. The van der Waals surface area contributed by atoms with Crippen LogP contribution in [0.2, 0.25) is 0 Å². The Morgan fingerprint density at radius 3 is 1.91 bits per heavy atom. The molecule has 2 aromatic rings. The van der Waals surface area contributed by atoms with Crippen LogP contribution in [-0.4, -0.2) is 62.9 Å². The summed E-state index contributed by atoms with van der Waals surface area (Å²) >= 11 is 0. The first-order valence-corrected chi connectivity index (χ1v) is 16.7. The van der Waals surface area contributed by atoms with Crippen molar-refractivity contribution in [1.29, 1.82) is 0 Å². The van der Waals surface area contributed by atoms with E-state index in [4.69, 9.17) is 9.47 Å². The Balaban J connectivity index is 1.46. The molecule has 4 rings (SSSR count). The van der Waals surface area contributed by atoms with Gasteiger partial charge in [-0.15, -0.1) is 0 Å². The molecule has 0 aliphatic heterocycles. The maximum atomic E-state index is 13.6. The average Bonchev–Trinajstić information content (AvgIpc) is 3.77. The first-order chi connectivity index (χ1) is 21.6. The van der Waals surface area contributed by atoms with Crippen LogP contribution in [0.3, 0.4) is 0 Å². The lowest BCUT2D eigenvalue weighted by Crippen LogP contribution is -2.46. The number of rotatable bonds is 10. The second-order valence-corrected chi connectivity index (χ2v) is 14.8. The highest BCUT2D eigenvalue weighted by Gasteiger charge is 2.47. The molecule has 0 radical (unpaired) electrons. The van der Waals surface area contributed by atoms with Crippen molar-refractivity contribution in [3.8, 4) is 0 Å². The fourth-order valence-electron chi connectivity index (χ4n) is 6.36. The predicted octanol–water partition coefficient (Wildman–Crippen LogP) is 8.80. The zero-order valence-electron chi connectivity index (χ0n) is 28.6. The van der Waals surface area contributed by atoms with Crippen molar-refractivity contribution < 1.29 is 29.0 Å². The lowest BCUT2D eigenvalue weighted by molar-refractivity contribution is 0.00499. The summed E-state index contributed by atoms with van der Waals surface area (Å²) in [7, 11) is 0. The van der Waals surface area contributed by atoms with E-state index in [1.807, 2.05) is 64.6 Å². The zero-order valence-corrected chi connectivity index (χ0v) is 28.6. The molecule has 2 aromatic carbocycles. The van der Waals surface area contributed by atoms with Gasteiger partial charge in [-0.1, -0.05) is 61.0 Å². The number of hydrogen-bond donors (Lipinski definition) is 1. The number of ether oxygens (including phenoxy) is 2. The van der Waals surface area contributed by atoms with Gasteiger partial charge in [-0.3, -0.25) is 0 Å². The van der Waals surface area contributed by atoms with Crippen LogP contribution in [0.5, 0.6) is 0 Å². The standard InChI is InChI=1S/C38H52N2O6/c1-8-29(22-26-12-10-9-11-13-26)32-23-33(32)40(36(44)46-38(5,6)7)25-28-16-20-31(21-17-28)39(35(43)45-37(2,3)4)24-27-14-18-30(19-15-27)34(41)42/h9-15,18-19,22,28,31-33H,8,16-17,20-21,23-25H2,1-7H3,(H,41,42)/b29-22+/t28?,31?,32-,33+/m0/s1. The highest BCUT2D eigenvalue weighted by Crippen LogP contribution is 2.45. The Kier molecular flexibility index (Phi) is 11.2. The van der Waals surface area contributed by atoms with E-state index < -0.39 is 17.2 Å². The molecule has 2 aliphatic rings. The molecular weight excluding hydrogens is 580 g/mol. The highest BCUT2D eigenvalue weighted by molar-refractivity contribution is 5.87. The molecular formula is C38H52N2O6. The molecule has 0 aromatic heterocycles. The summed E-state index contributed by atoms with van der Waals surface area (Å²) in [5, 5.41) is 9.29. The van der Waals surface area contributed by atoms with E-state index in [1.54, 1.807) is 29.2 Å². The van der Waals surface area contributed by atoms with Gasteiger partial charge in [0, 0.05) is 31.1 Å². The van der Waals surface area contributed by atoms with Gasteiger partial charge in [0.25, 0.3) is 0 Å². The monoisotopic (exact) mass is 632 g/mol. The molecule has 1 N–H and O–H groups in total. The number of amides is 2. The molecule has 250 valence electrons. The maximum absolute atomic E-state index is 13.6. The van der Waals surface area contributed by atoms with Crippen molar-refractivity contribution in [3.63, 3.8) is 0 Å². The normalized spacial score (nSPS) is 21.7. The zero-order chi connectivity index (χ0) is 33.6. The molecule has 0 saturated heterocycles. The summed E-state index contributed by atoms with van der Waals surface area (Å²) < 4.78 is 11.7. The minimum Gasteiger partial charge on any atom is -0.478 e. The molecule has 46 heavy (non-hydrogen) atoms. The molecule has 0 spiro atoms. The molecule has 8 heteroatoms. The third-order valence-corrected chi connectivity index (χ3v) is 8.71. The molecule has 8 nitrogen and oxygen atoms in total. The van der Waals surface area contributed by atoms with Crippen LogP contribution in [0.15, 0.2) is 60.2 Å². The fourth-order valence-corrected chi connectivity index (χ4v) is 6.36. The molecule has 0 unspecified atom stereocenters. The number of carboxylic acids is 1. The van der Waals surface area contributed by atoms with Crippen LogP contribution in [0.4, 0.5) is 9.59 Å². The van der Waals surface area contributed by atoms with Crippen LogP contribution in [0.1, 0.15) is 108 Å². The van der Waals surface area contributed by atoms with Gasteiger partial charge in [0.2, 0.25) is 0 Å². The largest absolute Gasteiger partial charge is 0.478 e. The Labute approximate surface area is 274 Å². The molecule has 0 bridgehead atoms. The number of hydrogen-bond acceptors (Lipinski definition) is 5. The van der Waals surface area contributed by atoms with Gasteiger partial charge >= 0.3 is 18.2 Å². The number of nitrogens with zero attached hydrogens (tertiary/aromatic N) is 2. The number of aromatic carboxylic acids is 1. The van der Waals surface area contributed by atoms with Gasteiger partial charge in [-0.05, 0) is 109 Å². The van der Waals surface area contributed by atoms with E-state index in [9.17, 15) is 19.5 Å². The molecule has 2 atom stereocenters. The van der Waals surface area contributed by atoms with Crippen molar-refractivity contribution in [2.24, 2.45) is 11.8 Å². The van der Waals surface area contributed by atoms with E-state index in [0.29, 0.717) is 24.9 Å². The quantitative estimate of drug-likeness (QED) is 0.281. The van der Waals surface area contributed by atoms with Crippen LogP contribution in [0.25, 0.3) is 6.08 Å². The second kappa shape index (κ2) is 14.7. The van der Waals surface area contributed by atoms with E-state index in [2.05, 4.69) is 25.1 Å². The van der Waals surface area contributed by atoms with Crippen LogP contribution in [0, 0.1) is 11.8 Å². The summed E-state index contributed by atoms with van der Waals surface area (Å²) in [6, 6.07) is 17.1. The van der Waals surface area contributed by atoms with Crippen molar-refractivity contribution in [2.45, 2.75) is 117 Å². The number of carbonyl (C=O) groups excluding carboxylic acids is 2. The predicted molar refractivity (Wildman–Crippen MR) is 180 cm³/mol. The summed E-state index contributed by atoms with van der Waals surface area (Å²) in [4.78, 5) is 42.1. The van der Waals surface area contributed by atoms with Gasteiger partial charge in [-0.2, -0.15) is 0 Å². The topological polar surface area (TPSA) is 96.4 Å². The molecule has 2 amide bonds. The summed E-state index contributed by atoms with van der Waals surface area (Å²) in [5.74, 6) is -0.363. The van der Waals surface area contributed by atoms with Crippen LogP contribution < -0.4 is 0 Å². The fraction of sp³-hybridized carbons (Fsp3) is 0.553. The minimum absolute atomic E-state index is 0.0191. The van der Waals surface area contributed by atoms with E-state index >= 15 is 0 Å². The number of carboxylic acid groups (broad SMARTS) is 1. The third-order valence-electron chi connectivity index (χ3n) is 8.71. The Morgan fingerprint density at radius 2 is 1.39 bits per heavy atom. The third kappa shape index (κ3) is 10.1. The van der Waals surface area contributed by atoms with Crippen molar-refractivity contribution in [2.75, 3.05) is 6.54 Å². The Bertz CT molecular complexity index is 1360. The molecule has 2 fully saturated rings. The van der Waals surface area contributed by atoms with Gasteiger partial charge in [-0.25, -0.2) is 14.4 Å². The minimum atomic E-state index is -0.982. The average molecular weight is 633 g/mol. The Hall–Kier alpha value is -3.81. The van der Waals surface area contributed by atoms with Crippen molar-refractivity contribution in [1.82, 2.24) is 9.80 Å². The molecule has 0 heterocycles. The first-order valence-electron chi connectivity index (χ1n) is 16.7. The van der Waals surface area contributed by atoms with Gasteiger partial charge in [0.1, 0.15) is 11.2 Å². The van der Waals surface area contributed by atoms with Crippen LogP contribution >= 0.6 is 0 Å². The van der Waals surface area contributed by atoms with E-state index in [0.717, 1.165) is 44.1 Å². The maximum Gasteiger partial charge on any atom is 0.410 e. The number of carbonyl (C=O) groups is 3. The van der Waals surface area contributed by atoms with Crippen LogP contribution in [-0.2, 0) is 16.0 Å². The van der Waals surface area contributed by atoms with Gasteiger partial charge < -0.3 is 24.4 Å². The van der Waals surface area contributed by atoms with Gasteiger partial charge in [0.05, 0.1) is 5.56 Å². The lowest BCUT2D eigenvalue weighted by Gasteiger charge is -2.39. The Morgan fingerprint density at radius 1 is 0.826 bits per heavy atom. The van der Waals surface area contributed by atoms with Crippen molar-refractivity contribution in [3.05, 3.63) is 76.9 Å². The second-order valence-electron chi connectivity index (χ2n) is 14.8. The summed E-state index contributed by atoms with van der Waals surface area (Å²) in [6.07, 6.45) is 6.85. The highest BCUT2D eigenvalue weighted by atomic mass is 16.6. The first kappa shape index (κ1) is 35.1. The smallest absolute Gasteiger partial charge is 0.410 e. The molecule has 2 saturated carbocycles. The van der Waals surface area contributed by atoms with E-state index in [1.165, 1.54) is 11.1 Å². The summed E-state index contributed by atoms with van der Waals surface area (Å²) in [5.41, 5.74) is 2.38. The van der Waals surface area contributed by atoms with Gasteiger partial charge in [0.15, 0.2) is 0 Å². The summed E-state index contributed by atoms with van der Waals surface area (Å²) in [6.45, 7) is 14.5. The van der Waals surface area contributed by atoms with E-state index in [-0.39, 0.29) is 29.8 Å². The SMILES string of the molecule is CC/C(=C\c1ccccc1)[C@@H]1C[C@H]1N(CC1CCC(N(Cc2ccc(C(=O)O)cc2)C(=O)OC(C)(C)C)CC1)C(=O)OC(C)(C)C.